The number of morpholine rings is 1. The third kappa shape index (κ3) is 2.00. The average molecular weight is 256 g/mol. The van der Waals surface area contributed by atoms with Crippen LogP contribution < -0.4 is 5.32 Å². The van der Waals surface area contributed by atoms with Crippen molar-refractivity contribution in [2.45, 2.75) is 13.0 Å². The normalized spacial score (nSPS) is 22.3. The van der Waals surface area contributed by atoms with Crippen LogP contribution in [0.15, 0.2) is 22.7 Å². The van der Waals surface area contributed by atoms with Crippen LogP contribution in [0.2, 0.25) is 0 Å². The van der Waals surface area contributed by atoms with Crippen LogP contribution >= 0.6 is 15.9 Å². The Morgan fingerprint density at radius 2 is 2.36 bits per heavy atom. The first-order chi connectivity index (χ1) is 6.79. The van der Waals surface area contributed by atoms with Crippen LogP contribution in [0.4, 0.5) is 0 Å². The molecule has 1 saturated heterocycles. The van der Waals surface area contributed by atoms with Crippen LogP contribution in [0.1, 0.15) is 17.2 Å². The van der Waals surface area contributed by atoms with E-state index < -0.39 is 0 Å². The average Bonchev–Trinajstić information content (AvgIpc) is 2.23. The topological polar surface area (TPSA) is 21.3 Å². The van der Waals surface area contributed by atoms with Gasteiger partial charge in [-0.15, -0.1) is 0 Å². The fraction of sp³-hybridized carbons (Fsp3) is 0.455. The molecule has 0 saturated carbocycles. The molecule has 1 aliphatic heterocycles. The Balaban J connectivity index is 2.26. The Morgan fingerprint density at radius 1 is 1.50 bits per heavy atom. The van der Waals surface area contributed by atoms with Crippen molar-refractivity contribution >= 4 is 15.9 Å². The van der Waals surface area contributed by atoms with E-state index in [1.807, 2.05) is 0 Å². The van der Waals surface area contributed by atoms with Crippen molar-refractivity contribution < 1.29 is 4.74 Å². The molecule has 0 aromatic heterocycles. The van der Waals surface area contributed by atoms with Crippen molar-refractivity contribution in [3.8, 4) is 0 Å². The SMILES string of the molecule is Cc1cccc([C@H]2COCCN2)c1Br. The summed E-state index contributed by atoms with van der Waals surface area (Å²) in [5.41, 5.74) is 2.57. The Kier molecular flexibility index (Phi) is 3.21. The third-order valence-corrected chi connectivity index (χ3v) is 3.60. The maximum Gasteiger partial charge on any atom is 0.0662 e. The molecule has 1 fully saturated rings. The van der Waals surface area contributed by atoms with E-state index in [4.69, 9.17) is 4.74 Å². The molecule has 2 rings (SSSR count). The second-order valence-electron chi connectivity index (χ2n) is 3.56. The van der Waals surface area contributed by atoms with E-state index in [1.165, 1.54) is 15.6 Å². The largest absolute Gasteiger partial charge is 0.378 e. The van der Waals surface area contributed by atoms with E-state index in [0.717, 1.165) is 19.8 Å². The quantitative estimate of drug-likeness (QED) is 0.833. The van der Waals surface area contributed by atoms with Gasteiger partial charge < -0.3 is 10.1 Å². The van der Waals surface area contributed by atoms with Gasteiger partial charge in [-0.25, -0.2) is 0 Å². The predicted octanol–water partition coefficient (Wildman–Crippen LogP) is 2.42. The minimum Gasteiger partial charge on any atom is -0.378 e. The lowest BCUT2D eigenvalue weighted by molar-refractivity contribution is 0.0766. The standard InChI is InChI=1S/C11H14BrNO/c1-8-3-2-4-9(11(8)12)10-7-14-6-5-13-10/h2-4,10,13H,5-7H2,1H3/t10-/m1/s1. The first-order valence-electron chi connectivity index (χ1n) is 4.85. The van der Waals surface area contributed by atoms with Crippen molar-refractivity contribution in [2.24, 2.45) is 0 Å². The van der Waals surface area contributed by atoms with Crippen molar-refractivity contribution in [1.82, 2.24) is 5.32 Å². The van der Waals surface area contributed by atoms with Gasteiger partial charge in [-0.2, -0.15) is 0 Å². The zero-order chi connectivity index (χ0) is 9.97. The first-order valence-corrected chi connectivity index (χ1v) is 5.64. The van der Waals surface area contributed by atoms with E-state index in [2.05, 4.69) is 46.4 Å². The molecular formula is C11H14BrNO. The summed E-state index contributed by atoms with van der Waals surface area (Å²) in [6.45, 7) is 4.63. The maximum absolute atomic E-state index is 5.45. The number of benzene rings is 1. The molecule has 3 heteroatoms. The summed E-state index contributed by atoms with van der Waals surface area (Å²) in [6.07, 6.45) is 0. The molecule has 1 aliphatic rings. The maximum atomic E-state index is 5.45. The lowest BCUT2D eigenvalue weighted by atomic mass is 10.0. The number of aryl methyl sites for hydroxylation is 1. The molecule has 1 aromatic carbocycles. The molecule has 1 aromatic rings. The van der Waals surface area contributed by atoms with Crippen molar-refractivity contribution in [3.05, 3.63) is 33.8 Å². The van der Waals surface area contributed by atoms with E-state index in [1.54, 1.807) is 0 Å². The predicted molar refractivity (Wildman–Crippen MR) is 60.4 cm³/mol. The van der Waals surface area contributed by atoms with Crippen LogP contribution in [0.5, 0.6) is 0 Å². The number of ether oxygens (including phenoxy) is 1. The lowest BCUT2D eigenvalue weighted by Gasteiger charge is -2.25. The van der Waals surface area contributed by atoms with Crippen LogP contribution in [0.25, 0.3) is 0 Å². The van der Waals surface area contributed by atoms with Gasteiger partial charge in [-0.1, -0.05) is 34.1 Å². The molecule has 0 unspecified atom stereocenters. The molecule has 0 radical (unpaired) electrons. The highest BCUT2D eigenvalue weighted by molar-refractivity contribution is 9.10. The molecule has 0 bridgehead atoms. The summed E-state index contributed by atoms with van der Waals surface area (Å²) in [6, 6.07) is 6.67. The van der Waals surface area contributed by atoms with Crippen molar-refractivity contribution in [1.29, 1.82) is 0 Å². The van der Waals surface area contributed by atoms with Crippen molar-refractivity contribution in [2.75, 3.05) is 19.8 Å². The van der Waals surface area contributed by atoms with Gasteiger partial charge in [0.15, 0.2) is 0 Å². The summed E-state index contributed by atoms with van der Waals surface area (Å²) < 4.78 is 6.65. The van der Waals surface area contributed by atoms with E-state index in [-0.39, 0.29) is 0 Å². The van der Waals surface area contributed by atoms with Gasteiger partial charge in [0.25, 0.3) is 0 Å². The van der Waals surface area contributed by atoms with Gasteiger partial charge in [0, 0.05) is 11.0 Å². The summed E-state index contributed by atoms with van der Waals surface area (Å²) in [4.78, 5) is 0. The summed E-state index contributed by atoms with van der Waals surface area (Å²) in [7, 11) is 0. The highest BCUT2D eigenvalue weighted by Crippen LogP contribution is 2.27. The number of nitrogens with one attached hydrogen (secondary N) is 1. The lowest BCUT2D eigenvalue weighted by Crippen LogP contribution is -2.34. The summed E-state index contributed by atoms with van der Waals surface area (Å²) in [5, 5.41) is 3.45. The molecule has 76 valence electrons. The van der Waals surface area contributed by atoms with Crippen LogP contribution in [-0.2, 0) is 4.74 Å². The van der Waals surface area contributed by atoms with Gasteiger partial charge in [-0.05, 0) is 18.1 Å². The summed E-state index contributed by atoms with van der Waals surface area (Å²) >= 11 is 3.62. The molecule has 14 heavy (non-hydrogen) atoms. The first kappa shape index (κ1) is 10.1. The fourth-order valence-electron chi connectivity index (χ4n) is 1.70. The van der Waals surface area contributed by atoms with E-state index >= 15 is 0 Å². The Morgan fingerprint density at radius 3 is 3.07 bits per heavy atom. The highest BCUT2D eigenvalue weighted by Gasteiger charge is 2.17. The second-order valence-corrected chi connectivity index (χ2v) is 4.35. The minimum absolute atomic E-state index is 0.332. The smallest absolute Gasteiger partial charge is 0.0662 e. The molecule has 1 N–H and O–H groups in total. The highest BCUT2D eigenvalue weighted by atomic mass is 79.9. The van der Waals surface area contributed by atoms with E-state index in [9.17, 15) is 0 Å². The third-order valence-electron chi connectivity index (χ3n) is 2.52. The zero-order valence-corrected chi connectivity index (χ0v) is 9.80. The molecule has 0 spiro atoms. The fourth-order valence-corrected chi connectivity index (χ4v) is 2.25. The molecule has 1 heterocycles. The molecule has 0 amide bonds. The number of halogens is 1. The minimum atomic E-state index is 0.332. The van der Waals surface area contributed by atoms with Gasteiger partial charge in [0.05, 0.1) is 19.3 Å². The monoisotopic (exact) mass is 255 g/mol. The molecule has 0 aliphatic carbocycles. The van der Waals surface area contributed by atoms with Crippen LogP contribution in [-0.4, -0.2) is 19.8 Å². The van der Waals surface area contributed by atoms with Gasteiger partial charge in [0.1, 0.15) is 0 Å². The van der Waals surface area contributed by atoms with Gasteiger partial charge in [0.2, 0.25) is 0 Å². The van der Waals surface area contributed by atoms with E-state index in [0.29, 0.717) is 6.04 Å². The Bertz CT molecular complexity index is 321. The van der Waals surface area contributed by atoms with Crippen LogP contribution in [0.3, 0.4) is 0 Å². The molecule has 1 atom stereocenters. The molecular weight excluding hydrogens is 242 g/mol. The number of hydrogen-bond donors (Lipinski definition) is 1. The van der Waals surface area contributed by atoms with Gasteiger partial charge in [-0.3, -0.25) is 0 Å². The zero-order valence-electron chi connectivity index (χ0n) is 8.22. The number of hydrogen-bond acceptors (Lipinski definition) is 2. The Labute approximate surface area is 92.8 Å². The van der Waals surface area contributed by atoms with Crippen LogP contribution in [0, 0.1) is 6.92 Å². The number of rotatable bonds is 1. The van der Waals surface area contributed by atoms with Crippen molar-refractivity contribution in [3.63, 3.8) is 0 Å². The summed E-state index contributed by atoms with van der Waals surface area (Å²) in [5.74, 6) is 0. The van der Waals surface area contributed by atoms with Gasteiger partial charge >= 0.3 is 0 Å². The molecule has 2 nitrogen and oxygen atoms in total. The second kappa shape index (κ2) is 4.43. The Hall–Kier alpha value is -0.380.